The second-order valence-electron chi connectivity index (χ2n) is 5.97. The Morgan fingerprint density at radius 1 is 1.04 bits per heavy atom. The van der Waals surface area contributed by atoms with Crippen LogP contribution in [0.2, 0.25) is 10.0 Å². The fourth-order valence-corrected chi connectivity index (χ4v) is 2.55. The van der Waals surface area contributed by atoms with Gasteiger partial charge in [0.05, 0.1) is 10.7 Å². The molecular formula is C20H20Cl2N2O4. The molecule has 1 unspecified atom stereocenters. The zero-order chi connectivity index (χ0) is 20.5. The van der Waals surface area contributed by atoms with Crippen molar-refractivity contribution in [2.45, 2.75) is 25.9 Å². The van der Waals surface area contributed by atoms with Crippen LogP contribution in [0.15, 0.2) is 48.5 Å². The van der Waals surface area contributed by atoms with Gasteiger partial charge in [0.25, 0.3) is 11.8 Å². The maximum Gasteiger partial charge on any atom is 0.306 e. The highest BCUT2D eigenvalue weighted by Crippen LogP contribution is 2.20. The molecule has 6 nitrogen and oxygen atoms in total. The van der Waals surface area contributed by atoms with Crippen LogP contribution in [0.1, 0.15) is 30.1 Å². The molecule has 2 aromatic rings. The predicted octanol–water partition coefficient (Wildman–Crippen LogP) is 4.07. The zero-order valence-corrected chi connectivity index (χ0v) is 16.7. The van der Waals surface area contributed by atoms with E-state index in [9.17, 15) is 14.4 Å². The Bertz CT molecular complexity index is 840. The van der Waals surface area contributed by atoms with E-state index < -0.39 is 18.0 Å². The van der Waals surface area contributed by atoms with Gasteiger partial charge in [-0.25, -0.2) is 0 Å². The number of nitrogens with one attached hydrogen (secondary N) is 2. The maximum atomic E-state index is 12.1. The van der Waals surface area contributed by atoms with E-state index in [2.05, 4.69) is 10.6 Å². The van der Waals surface area contributed by atoms with Gasteiger partial charge in [-0.3, -0.25) is 14.4 Å². The third kappa shape index (κ3) is 6.87. The fourth-order valence-electron chi connectivity index (χ4n) is 2.24. The van der Waals surface area contributed by atoms with Crippen molar-refractivity contribution in [1.82, 2.24) is 5.32 Å². The largest absolute Gasteiger partial charge is 0.453 e. The van der Waals surface area contributed by atoms with Crippen molar-refractivity contribution in [2.24, 2.45) is 0 Å². The van der Waals surface area contributed by atoms with Crippen LogP contribution in [0.5, 0.6) is 0 Å². The highest BCUT2D eigenvalue weighted by Gasteiger charge is 2.18. The minimum atomic E-state index is -0.965. The molecule has 0 saturated carbocycles. The number of rotatable bonds is 8. The topological polar surface area (TPSA) is 84.5 Å². The molecule has 0 aliphatic carbocycles. The van der Waals surface area contributed by atoms with Crippen LogP contribution >= 0.6 is 23.2 Å². The number of carbonyl (C=O) groups is 3. The van der Waals surface area contributed by atoms with Crippen molar-refractivity contribution in [3.8, 4) is 0 Å². The van der Waals surface area contributed by atoms with Crippen LogP contribution in [-0.2, 0) is 14.3 Å². The van der Waals surface area contributed by atoms with E-state index in [0.717, 1.165) is 0 Å². The lowest BCUT2D eigenvalue weighted by atomic mass is 10.2. The number of hydrogen-bond donors (Lipinski definition) is 2. The van der Waals surface area contributed by atoms with Crippen LogP contribution in [0.4, 0.5) is 5.69 Å². The Morgan fingerprint density at radius 3 is 2.39 bits per heavy atom. The summed E-state index contributed by atoms with van der Waals surface area (Å²) in [5.41, 5.74) is 0.929. The summed E-state index contributed by atoms with van der Waals surface area (Å²) in [7, 11) is 0. The molecule has 2 rings (SSSR count). The van der Waals surface area contributed by atoms with Gasteiger partial charge in [0.2, 0.25) is 0 Å². The number of para-hydroxylation sites is 1. The summed E-state index contributed by atoms with van der Waals surface area (Å²) in [6.07, 6.45) is -0.505. The maximum absolute atomic E-state index is 12.1. The van der Waals surface area contributed by atoms with Crippen LogP contribution in [0, 0.1) is 0 Å². The van der Waals surface area contributed by atoms with Gasteiger partial charge in [0.15, 0.2) is 6.10 Å². The Kier molecular flexibility index (Phi) is 8.29. The van der Waals surface area contributed by atoms with E-state index in [1.807, 2.05) is 0 Å². The first-order valence-corrected chi connectivity index (χ1v) is 9.41. The van der Waals surface area contributed by atoms with Gasteiger partial charge in [-0.05, 0) is 49.7 Å². The van der Waals surface area contributed by atoms with Crippen molar-refractivity contribution in [3.63, 3.8) is 0 Å². The molecule has 28 heavy (non-hydrogen) atoms. The molecule has 0 radical (unpaired) electrons. The van der Waals surface area contributed by atoms with Gasteiger partial charge in [-0.2, -0.15) is 0 Å². The Hall–Kier alpha value is -2.57. The van der Waals surface area contributed by atoms with E-state index in [-0.39, 0.29) is 12.3 Å². The van der Waals surface area contributed by atoms with Gasteiger partial charge < -0.3 is 15.4 Å². The molecule has 0 saturated heterocycles. The molecule has 2 N–H and O–H groups in total. The van der Waals surface area contributed by atoms with Gasteiger partial charge in [-0.1, -0.05) is 35.3 Å². The summed E-state index contributed by atoms with van der Waals surface area (Å²) >= 11 is 11.8. The summed E-state index contributed by atoms with van der Waals surface area (Å²) in [5.74, 6) is -1.25. The molecule has 0 heterocycles. The lowest BCUT2D eigenvalue weighted by molar-refractivity contribution is -0.153. The van der Waals surface area contributed by atoms with E-state index in [0.29, 0.717) is 34.3 Å². The molecular weight excluding hydrogens is 403 g/mol. The third-order valence-corrected chi connectivity index (χ3v) is 4.34. The first kappa shape index (κ1) is 21.7. The normalized spacial score (nSPS) is 11.4. The number of ether oxygens (including phenoxy) is 1. The van der Waals surface area contributed by atoms with Crippen molar-refractivity contribution < 1.29 is 19.1 Å². The highest BCUT2D eigenvalue weighted by molar-refractivity contribution is 6.33. The van der Waals surface area contributed by atoms with Crippen molar-refractivity contribution in [1.29, 1.82) is 0 Å². The molecule has 1 atom stereocenters. The van der Waals surface area contributed by atoms with Gasteiger partial charge in [0, 0.05) is 23.6 Å². The lowest BCUT2D eigenvalue weighted by Crippen LogP contribution is -2.30. The summed E-state index contributed by atoms with van der Waals surface area (Å²) in [5, 5.41) is 6.25. The Morgan fingerprint density at radius 2 is 1.71 bits per heavy atom. The molecule has 2 amide bonds. The number of anilines is 1. The van der Waals surface area contributed by atoms with Gasteiger partial charge in [0.1, 0.15) is 0 Å². The molecule has 0 bridgehead atoms. The van der Waals surface area contributed by atoms with Crippen molar-refractivity contribution in [2.75, 3.05) is 11.9 Å². The van der Waals surface area contributed by atoms with Crippen LogP contribution in [0.25, 0.3) is 0 Å². The second kappa shape index (κ2) is 10.7. The predicted molar refractivity (Wildman–Crippen MR) is 109 cm³/mol. The first-order valence-electron chi connectivity index (χ1n) is 8.65. The van der Waals surface area contributed by atoms with E-state index in [1.54, 1.807) is 48.5 Å². The van der Waals surface area contributed by atoms with Crippen molar-refractivity contribution >= 4 is 46.7 Å². The summed E-state index contributed by atoms with van der Waals surface area (Å²) in [6.45, 7) is 1.78. The molecule has 148 valence electrons. The zero-order valence-electron chi connectivity index (χ0n) is 15.2. The minimum absolute atomic E-state index is 0.0740. The number of carbonyl (C=O) groups excluding carboxylic acids is 3. The Labute approximate surface area is 173 Å². The third-order valence-electron chi connectivity index (χ3n) is 3.76. The van der Waals surface area contributed by atoms with Crippen LogP contribution < -0.4 is 10.6 Å². The van der Waals surface area contributed by atoms with Gasteiger partial charge in [-0.15, -0.1) is 0 Å². The molecule has 0 fully saturated rings. The molecule has 0 aliphatic rings. The lowest BCUT2D eigenvalue weighted by Gasteiger charge is -2.14. The molecule has 8 heteroatoms. The second-order valence-corrected chi connectivity index (χ2v) is 6.81. The first-order chi connectivity index (χ1) is 13.4. The average Bonchev–Trinajstić information content (AvgIpc) is 2.67. The van der Waals surface area contributed by atoms with E-state index in [4.69, 9.17) is 27.9 Å². The number of benzene rings is 2. The number of hydrogen-bond acceptors (Lipinski definition) is 4. The summed E-state index contributed by atoms with van der Waals surface area (Å²) in [6, 6.07) is 13.3. The Balaban J connectivity index is 1.68. The van der Waals surface area contributed by atoms with Crippen LogP contribution in [-0.4, -0.2) is 30.4 Å². The quantitative estimate of drug-likeness (QED) is 0.495. The van der Waals surface area contributed by atoms with Gasteiger partial charge >= 0.3 is 5.97 Å². The summed E-state index contributed by atoms with van der Waals surface area (Å²) in [4.78, 5) is 35.9. The van der Waals surface area contributed by atoms with Crippen molar-refractivity contribution in [3.05, 3.63) is 64.1 Å². The molecule has 0 aliphatic heterocycles. The monoisotopic (exact) mass is 422 g/mol. The highest BCUT2D eigenvalue weighted by atomic mass is 35.5. The standard InChI is InChI=1S/C20H20Cl2N2O4/c1-13(19(26)24-17-6-3-2-5-16(17)22)28-18(25)7-4-12-23-20(27)14-8-10-15(21)11-9-14/h2-3,5-6,8-11,13H,4,7,12H2,1H3,(H,23,27)(H,24,26). The average molecular weight is 423 g/mol. The number of halogens is 2. The van der Waals surface area contributed by atoms with Crippen LogP contribution in [0.3, 0.4) is 0 Å². The molecule has 0 aromatic heterocycles. The minimum Gasteiger partial charge on any atom is -0.453 e. The fraction of sp³-hybridized carbons (Fsp3) is 0.250. The smallest absolute Gasteiger partial charge is 0.306 e. The van der Waals surface area contributed by atoms with E-state index in [1.165, 1.54) is 6.92 Å². The SMILES string of the molecule is CC(OC(=O)CCCNC(=O)c1ccc(Cl)cc1)C(=O)Nc1ccccc1Cl. The van der Waals surface area contributed by atoms with E-state index >= 15 is 0 Å². The molecule has 0 spiro atoms. The summed E-state index contributed by atoms with van der Waals surface area (Å²) < 4.78 is 5.11. The molecule has 2 aromatic carbocycles. The number of amides is 2. The number of esters is 1.